The van der Waals surface area contributed by atoms with Gasteiger partial charge in [-0.3, -0.25) is 0 Å². The maximum atomic E-state index is 14.0. The first-order valence-corrected chi connectivity index (χ1v) is 12.0. The number of hydrogen-bond acceptors (Lipinski definition) is 6. The lowest BCUT2D eigenvalue weighted by molar-refractivity contribution is 0.312. The van der Waals surface area contributed by atoms with E-state index in [-0.39, 0.29) is 6.04 Å². The van der Waals surface area contributed by atoms with Crippen molar-refractivity contribution in [3.05, 3.63) is 58.3 Å². The summed E-state index contributed by atoms with van der Waals surface area (Å²) in [6.45, 7) is 13.0. The Morgan fingerprint density at radius 3 is 2.44 bits per heavy atom. The molecule has 1 aliphatic heterocycles. The molecule has 1 aliphatic rings. The standard InChI is InChI=1S/C25H29FN6.C2H6/c1-16-19(15-27)6-5-7-21(16)17(2)28-25-23-13-24(32-10-8-31(4)9-11-32)20(14-26)12-22(23)18(3)29-30-25;1-2/h5-7,12-13,17H,8-11,14H2,1-4H3,(H,28,30);1-2H3/t17-;/m1./s1. The summed E-state index contributed by atoms with van der Waals surface area (Å²) in [7, 11) is 2.11. The minimum absolute atomic E-state index is 0.0727. The number of aryl methyl sites for hydroxylation is 1. The second-order valence-electron chi connectivity index (χ2n) is 8.58. The fraction of sp³-hybridized carbons (Fsp3) is 0.444. The number of nitriles is 1. The van der Waals surface area contributed by atoms with E-state index in [2.05, 4.69) is 44.5 Å². The van der Waals surface area contributed by atoms with E-state index in [0.717, 1.165) is 59.5 Å². The number of likely N-dealkylation sites (N-methyl/N-ethyl adjacent to an activating group) is 1. The molecule has 1 N–H and O–H groups in total. The molecule has 0 amide bonds. The van der Waals surface area contributed by atoms with Gasteiger partial charge in [-0.2, -0.15) is 10.4 Å². The Morgan fingerprint density at radius 1 is 1.09 bits per heavy atom. The molecule has 2 heterocycles. The van der Waals surface area contributed by atoms with Crippen LogP contribution in [-0.4, -0.2) is 48.3 Å². The van der Waals surface area contributed by atoms with Gasteiger partial charge < -0.3 is 15.1 Å². The lowest BCUT2D eigenvalue weighted by atomic mass is 9.98. The molecule has 1 atom stereocenters. The van der Waals surface area contributed by atoms with Gasteiger partial charge in [0.1, 0.15) is 6.67 Å². The molecule has 0 unspecified atom stereocenters. The number of rotatable bonds is 5. The van der Waals surface area contributed by atoms with E-state index in [1.807, 2.05) is 58.9 Å². The molecular weight excluding hydrogens is 427 g/mol. The first kappa shape index (κ1) is 25.4. The van der Waals surface area contributed by atoms with Crippen molar-refractivity contribution < 1.29 is 4.39 Å². The lowest BCUT2D eigenvalue weighted by Crippen LogP contribution is -2.44. The molecule has 1 fully saturated rings. The average molecular weight is 463 g/mol. The molecule has 7 heteroatoms. The normalized spacial score (nSPS) is 14.8. The number of alkyl halides is 1. The van der Waals surface area contributed by atoms with E-state index in [0.29, 0.717) is 16.9 Å². The number of anilines is 2. The van der Waals surface area contributed by atoms with Crippen LogP contribution in [0.2, 0.25) is 0 Å². The quantitative estimate of drug-likeness (QED) is 0.537. The number of piperazine rings is 1. The van der Waals surface area contributed by atoms with Gasteiger partial charge in [0, 0.05) is 48.2 Å². The fourth-order valence-corrected chi connectivity index (χ4v) is 4.44. The highest BCUT2D eigenvalue weighted by atomic mass is 19.1. The van der Waals surface area contributed by atoms with E-state index < -0.39 is 6.67 Å². The number of aromatic nitrogens is 2. The third-order valence-corrected chi connectivity index (χ3v) is 6.47. The van der Waals surface area contributed by atoms with Gasteiger partial charge in [-0.25, -0.2) is 4.39 Å². The summed E-state index contributed by atoms with van der Waals surface area (Å²) in [5, 5.41) is 23.5. The van der Waals surface area contributed by atoms with Crippen molar-refractivity contribution >= 4 is 22.3 Å². The topological polar surface area (TPSA) is 68.1 Å². The third-order valence-electron chi connectivity index (χ3n) is 6.47. The molecule has 0 bridgehead atoms. The summed E-state index contributed by atoms with van der Waals surface area (Å²) in [5.74, 6) is 0.667. The van der Waals surface area contributed by atoms with Gasteiger partial charge in [0.15, 0.2) is 5.82 Å². The Hall–Kier alpha value is -3.24. The predicted molar refractivity (Wildman–Crippen MR) is 138 cm³/mol. The number of halogens is 1. The summed E-state index contributed by atoms with van der Waals surface area (Å²) in [6.07, 6.45) is 0. The maximum absolute atomic E-state index is 14.0. The third kappa shape index (κ3) is 5.13. The molecule has 0 aliphatic carbocycles. The smallest absolute Gasteiger partial charge is 0.157 e. The van der Waals surface area contributed by atoms with Crippen LogP contribution in [0.3, 0.4) is 0 Å². The van der Waals surface area contributed by atoms with Crippen LogP contribution >= 0.6 is 0 Å². The molecule has 1 aromatic heterocycles. The minimum atomic E-state index is -0.515. The van der Waals surface area contributed by atoms with Crippen LogP contribution in [-0.2, 0) is 6.67 Å². The Balaban J connectivity index is 0.00000158. The van der Waals surface area contributed by atoms with Gasteiger partial charge in [-0.1, -0.05) is 26.0 Å². The highest BCUT2D eigenvalue weighted by Gasteiger charge is 2.21. The number of nitrogens with one attached hydrogen (secondary N) is 1. The number of fused-ring (bicyclic) bond motifs is 1. The molecule has 3 aromatic rings. The van der Waals surface area contributed by atoms with E-state index >= 15 is 0 Å². The average Bonchev–Trinajstić information content (AvgIpc) is 2.87. The van der Waals surface area contributed by atoms with Gasteiger partial charge in [0.05, 0.1) is 23.4 Å². The zero-order valence-corrected chi connectivity index (χ0v) is 21.1. The molecule has 2 aromatic carbocycles. The SMILES string of the molecule is CC.Cc1c(C#N)cccc1[C@@H](C)Nc1nnc(C)c2cc(CF)c(N3CCN(C)CC3)cc12. The van der Waals surface area contributed by atoms with Crippen molar-refractivity contribution in [3.63, 3.8) is 0 Å². The summed E-state index contributed by atoms with van der Waals surface area (Å²) in [6, 6.07) is 11.9. The van der Waals surface area contributed by atoms with Crippen molar-refractivity contribution in [2.45, 2.75) is 47.3 Å². The summed E-state index contributed by atoms with van der Waals surface area (Å²) < 4.78 is 14.0. The Bertz CT molecular complexity index is 1180. The van der Waals surface area contributed by atoms with Crippen molar-refractivity contribution in [1.29, 1.82) is 5.26 Å². The van der Waals surface area contributed by atoms with Crippen LogP contribution in [0.1, 0.15) is 54.8 Å². The Morgan fingerprint density at radius 2 is 1.79 bits per heavy atom. The largest absolute Gasteiger partial charge is 0.369 e. The van der Waals surface area contributed by atoms with Gasteiger partial charge >= 0.3 is 0 Å². The predicted octanol–water partition coefficient (Wildman–Crippen LogP) is 5.54. The maximum Gasteiger partial charge on any atom is 0.157 e. The number of benzene rings is 2. The zero-order valence-electron chi connectivity index (χ0n) is 21.1. The molecule has 0 saturated carbocycles. The second-order valence-corrected chi connectivity index (χ2v) is 8.58. The van der Waals surface area contributed by atoms with Gasteiger partial charge in [-0.05, 0) is 57.1 Å². The highest BCUT2D eigenvalue weighted by molar-refractivity contribution is 5.96. The molecule has 0 spiro atoms. The minimum Gasteiger partial charge on any atom is -0.369 e. The number of hydrogen-bond donors (Lipinski definition) is 1. The lowest BCUT2D eigenvalue weighted by Gasteiger charge is -2.35. The Kier molecular flexibility index (Phi) is 8.41. The Labute approximate surface area is 202 Å². The van der Waals surface area contributed by atoms with Crippen LogP contribution in [0.15, 0.2) is 30.3 Å². The highest BCUT2D eigenvalue weighted by Crippen LogP contribution is 2.34. The van der Waals surface area contributed by atoms with Gasteiger partial charge in [0.2, 0.25) is 0 Å². The van der Waals surface area contributed by atoms with Gasteiger partial charge in [0.25, 0.3) is 0 Å². The van der Waals surface area contributed by atoms with Crippen molar-refractivity contribution in [2.24, 2.45) is 0 Å². The molecule has 6 nitrogen and oxygen atoms in total. The summed E-state index contributed by atoms with van der Waals surface area (Å²) in [5.41, 5.74) is 5.06. The number of nitrogens with zero attached hydrogens (tertiary/aromatic N) is 5. The van der Waals surface area contributed by atoms with Crippen molar-refractivity contribution in [1.82, 2.24) is 15.1 Å². The summed E-state index contributed by atoms with van der Waals surface area (Å²) in [4.78, 5) is 4.55. The molecule has 180 valence electrons. The molecule has 1 saturated heterocycles. The summed E-state index contributed by atoms with van der Waals surface area (Å²) >= 11 is 0. The molecule has 4 rings (SSSR count). The van der Waals surface area contributed by atoms with E-state index in [9.17, 15) is 9.65 Å². The van der Waals surface area contributed by atoms with Crippen LogP contribution in [0, 0.1) is 25.2 Å². The first-order valence-electron chi connectivity index (χ1n) is 12.0. The van der Waals surface area contributed by atoms with Crippen LogP contribution in [0.4, 0.5) is 15.9 Å². The van der Waals surface area contributed by atoms with E-state index in [1.165, 1.54) is 0 Å². The van der Waals surface area contributed by atoms with Crippen molar-refractivity contribution in [2.75, 3.05) is 43.4 Å². The van der Waals surface area contributed by atoms with Crippen LogP contribution < -0.4 is 10.2 Å². The molecule has 34 heavy (non-hydrogen) atoms. The van der Waals surface area contributed by atoms with Crippen LogP contribution in [0.25, 0.3) is 10.8 Å². The fourth-order valence-electron chi connectivity index (χ4n) is 4.44. The van der Waals surface area contributed by atoms with Crippen LogP contribution in [0.5, 0.6) is 0 Å². The van der Waals surface area contributed by atoms with E-state index in [4.69, 9.17) is 0 Å². The van der Waals surface area contributed by atoms with Crippen molar-refractivity contribution in [3.8, 4) is 6.07 Å². The molecule has 0 radical (unpaired) electrons. The first-order chi connectivity index (χ1) is 16.4. The molecular formula is C27H35FN6. The zero-order chi connectivity index (χ0) is 24.8. The van der Waals surface area contributed by atoms with E-state index in [1.54, 1.807) is 0 Å². The van der Waals surface area contributed by atoms with Gasteiger partial charge in [-0.15, -0.1) is 5.10 Å². The second kappa shape index (κ2) is 11.3. The monoisotopic (exact) mass is 462 g/mol.